The van der Waals surface area contributed by atoms with Crippen LogP contribution in [0.5, 0.6) is 0 Å². The van der Waals surface area contributed by atoms with Crippen LogP contribution in [0.25, 0.3) is 0 Å². The third-order valence-corrected chi connectivity index (χ3v) is 3.36. The highest BCUT2D eigenvalue weighted by molar-refractivity contribution is 5.80. The van der Waals surface area contributed by atoms with Crippen molar-refractivity contribution in [3.63, 3.8) is 0 Å². The van der Waals surface area contributed by atoms with Gasteiger partial charge in [-0.25, -0.2) is 0 Å². The van der Waals surface area contributed by atoms with Gasteiger partial charge in [-0.15, -0.1) is 0 Å². The lowest BCUT2D eigenvalue weighted by molar-refractivity contribution is -0.124. The molecule has 6 N–H and O–H groups in total. The Labute approximate surface area is 130 Å². The second-order valence-corrected chi connectivity index (χ2v) is 5.25. The molecule has 0 aromatic rings. The number of rotatable bonds is 12. The highest BCUT2D eigenvalue weighted by Gasteiger charge is 2.31. The molecule has 0 aliphatic heterocycles. The number of carbonyl (C=O) groups is 1. The van der Waals surface area contributed by atoms with Crippen molar-refractivity contribution >= 4 is 12.1 Å². The molecule has 0 radical (unpaired) electrons. The number of nitrogens with one attached hydrogen (secondary N) is 1. The number of amides is 1. The smallest absolute Gasteiger partial charge is 0.220 e. The number of unbranched alkanes of at least 4 members (excludes halogenated alkanes) is 4. The quantitative estimate of drug-likeness (QED) is 0.122. The molecule has 0 aromatic heterocycles. The van der Waals surface area contributed by atoms with Crippen molar-refractivity contribution in [3.8, 4) is 0 Å². The molecule has 8 nitrogen and oxygen atoms in total. The van der Waals surface area contributed by atoms with Crippen LogP contribution in [0, 0.1) is 0 Å². The van der Waals surface area contributed by atoms with Crippen LogP contribution >= 0.6 is 0 Å². The largest absolute Gasteiger partial charge is 0.411 e. The van der Waals surface area contributed by atoms with Crippen LogP contribution in [0.15, 0.2) is 5.16 Å². The molecule has 0 spiro atoms. The summed E-state index contributed by atoms with van der Waals surface area (Å²) in [6.07, 6.45) is 1.16. The molecule has 0 heterocycles. The van der Waals surface area contributed by atoms with Crippen molar-refractivity contribution in [2.45, 2.75) is 69.8 Å². The van der Waals surface area contributed by atoms with Crippen LogP contribution in [0.2, 0.25) is 0 Å². The van der Waals surface area contributed by atoms with Crippen molar-refractivity contribution in [2.75, 3.05) is 6.61 Å². The molecule has 0 saturated carbocycles. The van der Waals surface area contributed by atoms with E-state index in [1.54, 1.807) is 0 Å². The van der Waals surface area contributed by atoms with Crippen LogP contribution in [-0.2, 0) is 4.79 Å². The summed E-state index contributed by atoms with van der Waals surface area (Å²) in [5.41, 5.74) is 0. The summed E-state index contributed by atoms with van der Waals surface area (Å²) in [4.78, 5) is 11.8. The lowest BCUT2D eigenvalue weighted by Gasteiger charge is -2.27. The standard InChI is InChI=1S/C14H28N2O6/c1-2-3-4-5-6-7-12(19)16-10(8-15-22)13(20)14(21)11(18)9-17/h8,10-11,13-14,17-18,20-22H,2-7,9H2,1H3,(H,16,19)/b15-8+/t10-,11+,13+,14+/m0/s1. The van der Waals surface area contributed by atoms with Gasteiger partial charge in [0.15, 0.2) is 0 Å². The molecule has 0 unspecified atom stereocenters. The van der Waals surface area contributed by atoms with Crippen molar-refractivity contribution in [2.24, 2.45) is 5.16 Å². The first-order chi connectivity index (χ1) is 10.5. The molecule has 0 aliphatic rings. The fraction of sp³-hybridized carbons (Fsp3) is 0.857. The number of aliphatic hydroxyl groups is 4. The van der Waals surface area contributed by atoms with E-state index in [0.717, 1.165) is 31.9 Å². The van der Waals surface area contributed by atoms with E-state index in [1.807, 2.05) is 0 Å². The average molecular weight is 320 g/mol. The molecule has 0 fully saturated rings. The van der Waals surface area contributed by atoms with Gasteiger partial charge in [-0.2, -0.15) is 0 Å². The van der Waals surface area contributed by atoms with Crippen molar-refractivity contribution < 1.29 is 30.4 Å². The normalized spacial score (nSPS) is 17.1. The molecule has 8 heteroatoms. The lowest BCUT2D eigenvalue weighted by atomic mass is 10.0. The maximum Gasteiger partial charge on any atom is 0.220 e. The summed E-state index contributed by atoms with van der Waals surface area (Å²) in [6.45, 7) is 1.35. The first kappa shape index (κ1) is 20.8. The van der Waals surface area contributed by atoms with Gasteiger partial charge >= 0.3 is 0 Å². The zero-order valence-electron chi connectivity index (χ0n) is 12.9. The monoisotopic (exact) mass is 320 g/mol. The minimum atomic E-state index is -1.68. The second-order valence-electron chi connectivity index (χ2n) is 5.25. The summed E-state index contributed by atoms with van der Waals surface area (Å²) in [5, 5.41) is 51.2. The van der Waals surface area contributed by atoms with Gasteiger partial charge < -0.3 is 31.0 Å². The third-order valence-electron chi connectivity index (χ3n) is 3.36. The average Bonchev–Trinajstić information content (AvgIpc) is 2.52. The van der Waals surface area contributed by atoms with E-state index in [1.165, 1.54) is 0 Å². The van der Waals surface area contributed by atoms with Crippen molar-refractivity contribution in [1.29, 1.82) is 0 Å². The molecule has 0 saturated heterocycles. The van der Waals surface area contributed by atoms with E-state index in [2.05, 4.69) is 17.4 Å². The molecule has 0 bridgehead atoms. The summed E-state index contributed by atoms with van der Waals surface area (Å²) >= 11 is 0. The molecule has 130 valence electrons. The zero-order chi connectivity index (χ0) is 17.0. The molecular formula is C14H28N2O6. The van der Waals surface area contributed by atoms with E-state index < -0.39 is 31.0 Å². The van der Waals surface area contributed by atoms with Gasteiger partial charge in [-0.05, 0) is 6.42 Å². The van der Waals surface area contributed by atoms with Crippen LogP contribution in [-0.4, -0.2) is 68.7 Å². The Morgan fingerprint density at radius 2 is 1.77 bits per heavy atom. The predicted octanol–water partition coefficient (Wildman–Crippen LogP) is -0.633. The Morgan fingerprint density at radius 3 is 2.32 bits per heavy atom. The van der Waals surface area contributed by atoms with E-state index in [-0.39, 0.29) is 12.3 Å². The van der Waals surface area contributed by atoms with E-state index >= 15 is 0 Å². The van der Waals surface area contributed by atoms with Gasteiger partial charge in [0.1, 0.15) is 18.3 Å². The van der Waals surface area contributed by atoms with Gasteiger partial charge in [0.05, 0.1) is 18.9 Å². The molecule has 0 rings (SSSR count). The van der Waals surface area contributed by atoms with Crippen molar-refractivity contribution in [1.82, 2.24) is 5.32 Å². The molecular weight excluding hydrogens is 292 g/mol. The maximum atomic E-state index is 11.8. The number of oxime groups is 1. The van der Waals surface area contributed by atoms with Gasteiger partial charge in [0, 0.05) is 6.42 Å². The molecule has 0 aromatic carbocycles. The number of carbonyl (C=O) groups excluding carboxylic acids is 1. The Kier molecular flexibility index (Phi) is 11.7. The van der Waals surface area contributed by atoms with Gasteiger partial charge in [0.25, 0.3) is 0 Å². The maximum absolute atomic E-state index is 11.8. The van der Waals surface area contributed by atoms with Crippen LogP contribution < -0.4 is 5.32 Å². The second kappa shape index (κ2) is 12.3. The Balaban J connectivity index is 4.35. The summed E-state index contributed by atoms with van der Waals surface area (Å²) in [7, 11) is 0. The first-order valence-corrected chi connectivity index (χ1v) is 7.59. The molecule has 4 atom stereocenters. The number of hydrogen-bond acceptors (Lipinski definition) is 7. The summed E-state index contributed by atoms with van der Waals surface area (Å²) < 4.78 is 0. The zero-order valence-corrected chi connectivity index (χ0v) is 12.9. The lowest BCUT2D eigenvalue weighted by Crippen LogP contribution is -2.53. The molecule has 1 amide bonds. The SMILES string of the molecule is CCCCCCCC(=O)N[C@@H](/C=N/O)[C@@H](O)[C@H](O)[C@H](O)CO. The third kappa shape index (κ3) is 8.28. The fourth-order valence-electron chi connectivity index (χ4n) is 1.98. The number of aliphatic hydroxyl groups excluding tert-OH is 4. The Morgan fingerprint density at radius 1 is 1.14 bits per heavy atom. The predicted molar refractivity (Wildman–Crippen MR) is 80.7 cm³/mol. The van der Waals surface area contributed by atoms with Gasteiger partial charge in [0.2, 0.25) is 5.91 Å². The molecule has 0 aliphatic carbocycles. The summed E-state index contributed by atoms with van der Waals surface area (Å²) in [6, 6.07) is -1.16. The van der Waals surface area contributed by atoms with Crippen LogP contribution in [0.4, 0.5) is 0 Å². The highest BCUT2D eigenvalue weighted by atomic mass is 16.4. The Hall–Kier alpha value is -1.22. The minimum absolute atomic E-state index is 0.255. The minimum Gasteiger partial charge on any atom is -0.411 e. The van der Waals surface area contributed by atoms with E-state index in [9.17, 15) is 20.1 Å². The Bertz CT molecular complexity index is 326. The number of hydrogen-bond donors (Lipinski definition) is 6. The summed E-state index contributed by atoms with van der Waals surface area (Å²) in [5.74, 6) is -0.355. The van der Waals surface area contributed by atoms with Crippen LogP contribution in [0.3, 0.4) is 0 Å². The fourth-order valence-corrected chi connectivity index (χ4v) is 1.98. The molecule has 22 heavy (non-hydrogen) atoms. The van der Waals surface area contributed by atoms with Gasteiger partial charge in [-0.3, -0.25) is 4.79 Å². The van der Waals surface area contributed by atoms with Crippen LogP contribution in [0.1, 0.15) is 45.4 Å². The van der Waals surface area contributed by atoms with E-state index in [0.29, 0.717) is 6.42 Å². The van der Waals surface area contributed by atoms with Crippen molar-refractivity contribution in [3.05, 3.63) is 0 Å². The topological polar surface area (TPSA) is 143 Å². The highest BCUT2D eigenvalue weighted by Crippen LogP contribution is 2.07. The first-order valence-electron chi connectivity index (χ1n) is 7.59. The van der Waals surface area contributed by atoms with Gasteiger partial charge in [-0.1, -0.05) is 37.8 Å². The van der Waals surface area contributed by atoms with E-state index in [4.69, 9.17) is 10.3 Å². The number of nitrogens with zero attached hydrogens (tertiary/aromatic N) is 1.